The lowest BCUT2D eigenvalue weighted by atomic mass is 10.1. The lowest BCUT2D eigenvalue weighted by molar-refractivity contribution is -0.318. The van der Waals surface area contributed by atoms with Crippen LogP contribution >= 0.6 is 0 Å². The molecule has 0 radical (unpaired) electrons. The number of aryl methyl sites for hydroxylation is 1. The van der Waals surface area contributed by atoms with E-state index in [0.717, 1.165) is 0 Å². The second-order valence-electron chi connectivity index (χ2n) is 4.01. The summed E-state index contributed by atoms with van der Waals surface area (Å²) < 4.78 is 76.9. The van der Waals surface area contributed by atoms with Gasteiger partial charge in [-0.25, -0.2) is 0 Å². The van der Waals surface area contributed by atoms with Crippen molar-refractivity contribution in [1.82, 2.24) is 0 Å². The SMILES string of the molecule is Cc1ccccc1C(=O)COC(C(F)(F)F)C(F)(F)F. The summed E-state index contributed by atoms with van der Waals surface area (Å²) in [5.41, 5.74) is 0.465. The first-order chi connectivity index (χ1) is 9.03. The van der Waals surface area contributed by atoms with E-state index in [1.165, 1.54) is 25.1 Å². The first kappa shape index (κ1) is 16.5. The number of Topliss-reactive ketones (excluding diaryl/α,β-unsaturated/α-hetero) is 1. The number of benzene rings is 1. The van der Waals surface area contributed by atoms with Crippen molar-refractivity contribution in [2.45, 2.75) is 25.4 Å². The molecule has 0 N–H and O–H groups in total. The van der Waals surface area contributed by atoms with Crippen molar-refractivity contribution in [2.24, 2.45) is 0 Å². The Morgan fingerprint density at radius 2 is 1.60 bits per heavy atom. The van der Waals surface area contributed by atoms with Crippen molar-refractivity contribution in [3.05, 3.63) is 35.4 Å². The minimum Gasteiger partial charge on any atom is -0.353 e. The monoisotopic (exact) mass is 300 g/mol. The van der Waals surface area contributed by atoms with E-state index in [0.29, 0.717) is 5.56 Å². The molecule has 0 atom stereocenters. The van der Waals surface area contributed by atoms with Crippen molar-refractivity contribution in [2.75, 3.05) is 6.61 Å². The molecule has 0 aromatic heterocycles. The van der Waals surface area contributed by atoms with Crippen LogP contribution in [-0.2, 0) is 4.74 Å². The van der Waals surface area contributed by atoms with Crippen LogP contribution in [0.5, 0.6) is 0 Å². The molecular formula is C12H10F6O2. The van der Waals surface area contributed by atoms with Gasteiger partial charge in [0.1, 0.15) is 6.61 Å². The molecule has 0 amide bonds. The van der Waals surface area contributed by atoms with Gasteiger partial charge in [-0.05, 0) is 12.5 Å². The highest BCUT2D eigenvalue weighted by Gasteiger charge is 2.58. The normalized spacial score (nSPS) is 12.8. The zero-order valence-electron chi connectivity index (χ0n) is 10.2. The number of alkyl halides is 6. The van der Waals surface area contributed by atoms with Crippen molar-refractivity contribution in [3.8, 4) is 0 Å². The fraction of sp³-hybridized carbons (Fsp3) is 0.417. The van der Waals surface area contributed by atoms with Gasteiger partial charge in [0.2, 0.25) is 6.10 Å². The van der Waals surface area contributed by atoms with Gasteiger partial charge in [-0.3, -0.25) is 4.79 Å². The Balaban J connectivity index is 2.79. The number of ether oxygens (including phenoxy) is 1. The number of carbonyl (C=O) groups excluding carboxylic acids is 1. The minimum atomic E-state index is -5.62. The van der Waals surface area contributed by atoms with Crippen LogP contribution in [0.2, 0.25) is 0 Å². The largest absolute Gasteiger partial charge is 0.423 e. The fourth-order valence-electron chi connectivity index (χ4n) is 1.50. The first-order valence-electron chi connectivity index (χ1n) is 5.37. The Hall–Kier alpha value is -1.57. The first-order valence-corrected chi connectivity index (χ1v) is 5.37. The average molecular weight is 300 g/mol. The molecule has 1 rings (SSSR count). The Bertz CT molecular complexity index is 464. The molecule has 0 fully saturated rings. The van der Waals surface area contributed by atoms with Gasteiger partial charge in [0, 0.05) is 5.56 Å². The summed E-state index contributed by atoms with van der Waals surface area (Å²) in [7, 11) is 0. The summed E-state index contributed by atoms with van der Waals surface area (Å²) in [6.45, 7) is 0.215. The molecule has 1 aromatic rings. The van der Waals surface area contributed by atoms with Crippen LogP contribution in [0.15, 0.2) is 24.3 Å². The molecule has 0 spiro atoms. The van der Waals surface area contributed by atoms with Gasteiger partial charge in [0.05, 0.1) is 0 Å². The molecule has 0 saturated carbocycles. The molecule has 8 heteroatoms. The molecule has 0 unspecified atom stereocenters. The van der Waals surface area contributed by atoms with E-state index in [1.807, 2.05) is 0 Å². The van der Waals surface area contributed by atoms with Gasteiger partial charge in [0.15, 0.2) is 5.78 Å². The van der Waals surface area contributed by atoms with Gasteiger partial charge in [-0.2, -0.15) is 26.3 Å². The standard InChI is InChI=1S/C12H10F6O2/c1-7-4-2-3-5-8(7)9(19)6-20-10(11(13,14)15)12(16,17)18/h2-5,10H,6H2,1H3. The van der Waals surface area contributed by atoms with Crippen LogP contribution in [-0.4, -0.2) is 30.8 Å². The molecular weight excluding hydrogens is 290 g/mol. The number of hydrogen-bond acceptors (Lipinski definition) is 2. The average Bonchev–Trinajstić information content (AvgIpc) is 2.25. The second kappa shape index (κ2) is 5.82. The Morgan fingerprint density at radius 3 is 2.05 bits per heavy atom. The zero-order chi connectivity index (χ0) is 15.6. The van der Waals surface area contributed by atoms with E-state index >= 15 is 0 Å². The highest BCUT2D eigenvalue weighted by Crippen LogP contribution is 2.35. The van der Waals surface area contributed by atoms with Gasteiger partial charge in [0.25, 0.3) is 0 Å². The number of hydrogen-bond donors (Lipinski definition) is 0. The Morgan fingerprint density at radius 1 is 1.10 bits per heavy atom. The van der Waals surface area contributed by atoms with Crippen LogP contribution in [0.1, 0.15) is 15.9 Å². The summed E-state index contributed by atoms with van der Waals surface area (Å²) >= 11 is 0. The summed E-state index contributed by atoms with van der Waals surface area (Å²) in [5.74, 6) is -0.943. The van der Waals surface area contributed by atoms with Crippen LogP contribution < -0.4 is 0 Å². The third kappa shape index (κ3) is 4.22. The number of carbonyl (C=O) groups is 1. The van der Waals surface area contributed by atoms with Crippen molar-refractivity contribution < 1.29 is 35.9 Å². The molecule has 0 aliphatic rings. The topological polar surface area (TPSA) is 26.3 Å². The maximum absolute atomic E-state index is 12.2. The summed E-state index contributed by atoms with van der Waals surface area (Å²) in [6, 6.07) is 5.85. The smallest absolute Gasteiger partial charge is 0.353 e. The molecule has 0 bridgehead atoms. The third-order valence-corrected chi connectivity index (χ3v) is 2.42. The van der Waals surface area contributed by atoms with Gasteiger partial charge in [-0.1, -0.05) is 24.3 Å². The van der Waals surface area contributed by atoms with Gasteiger partial charge < -0.3 is 4.74 Å². The number of halogens is 6. The number of ketones is 1. The molecule has 0 heterocycles. The molecule has 0 aliphatic carbocycles. The second-order valence-corrected chi connectivity index (χ2v) is 4.01. The van der Waals surface area contributed by atoms with Crippen molar-refractivity contribution in [3.63, 3.8) is 0 Å². The van der Waals surface area contributed by atoms with E-state index < -0.39 is 30.8 Å². The van der Waals surface area contributed by atoms with E-state index in [1.54, 1.807) is 6.07 Å². The highest BCUT2D eigenvalue weighted by atomic mass is 19.4. The minimum absolute atomic E-state index is 0.0237. The van der Waals surface area contributed by atoms with Crippen LogP contribution in [0.4, 0.5) is 26.3 Å². The predicted molar refractivity (Wildman–Crippen MR) is 57.4 cm³/mol. The fourth-order valence-corrected chi connectivity index (χ4v) is 1.50. The summed E-state index contributed by atoms with van der Waals surface area (Å²) in [6.07, 6.45) is -15.2. The molecule has 20 heavy (non-hydrogen) atoms. The van der Waals surface area contributed by atoms with Crippen LogP contribution in [0, 0.1) is 6.92 Å². The van der Waals surface area contributed by atoms with Crippen LogP contribution in [0.25, 0.3) is 0 Å². The highest BCUT2D eigenvalue weighted by molar-refractivity contribution is 5.98. The van der Waals surface area contributed by atoms with Crippen LogP contribution in [0.3, 0.4) is 0 Å². The molecule has 1 aromatic carbocycles. The Kier molecular flexibility index (Phi) is 4.80. The van der Waals surface area contributed by atoms with Crippen molar-refractivity contribution >= 4 is 5.78 Å². The van der Waals surface area contributed by atoms with Crippen molar-refractivity contribution in [1.29, 1.82) is 0 Å². The third-order valence-electron chi connectivity index (χ3n) is 2.42. The molecule has 0 saturated heterocycles. The maximum atomic E-state index is 12.2. The lowest BCUT2D eigenvalue weighted by Gasteiger charge is -2.22. The summed E-state index contributed by atoms with van der Waals surface area (Å²) in [4.78, 5) is 11.6. The van der Waals surface area contributed by atoms with E-state index in [-0.39, 0.29) is 5.56 Å². The van der Waals surface area contributed by atoms with E-state index in [2.05, 4.69) is 4.74 Å². The zero-order valence-corrected chi connectivity index (χ0v) is 10.2. The van der Waals surface area contributed by atoms with Gasteiger partial charge >= 0.3 is 12.4 Å². The maximum Gasteiger partial charge on any atom is 0.423 e. The van der Waals surface area contributed by atoms with Gasteiger partial charge in [-0.15, -0.1) is 0 Å². The molecule has 0 aliphatic heterocycles. The predicted octanol–water partition coefficient (Wildman–Crippen LogP) is 3.69. The lowest BCUT2D eigenvalue weighted by Crippen LogP contribution is -2.45. The van der Waals surface area contributed by atoms with E-state index in [9.17, 15) is 31.1 Å². The number of rotatable bonds is 4. The Labute approximate surface area is 110 Å². The molecule has 2 nitrogen and oxygen atoms in total. The quantitative estimate of drug-likeness (QED) is 0.626. The molecule has 112 valence electrons. The summed E-state index contributed by atoms with van der Waals surface area (Å²) in [5, 5.41) is 0. The van der Waals surface area contributed by atoms with E-state index in [4.69, 9.17) is 0 Å².